The third kappa shape index (κ3) is 3.18. The van der Waals surface area contributed by atoms with Gasteiger partial charge < -0.3 is 14.4 Å². The Morgan fingerprint density at radius 3 is 2.68 bits per heavy atom. The van der Waals surface area contributed by atoms with E-state index in [0.29, 0.717) is 23.0 Å². The fourth-order valence-corrected chi connectivity index (χ4v) is 2.59. The molecule has 0 unspecified atom stereocenters. The van der Waals surface area contributed by atoms with Crippen LogP contribution in [0, 0.1) is 0 Å². The summed E-state index contributed by atoms with van der Waals surface area (Å²) >= 11 is 0. The number of rotatable bonds is 6. The molecule has 3 rings (SSSR count). The summed E-state index contributed by atoms with van der Waals surface area (Å²) in [6.45, 7) is 0.238. The summed E-state index contributed by atoms with van der Waals surface area (Å²) in [6.07, 6.45) is 0. The van der Waals surface area contributed by atoms with Crippen LogP contribution in [0.1, 0.15) is 16.2 Å². The standard InChI is InChI=1S/C18H20N4O3/c1-21(2)16-7-5-6-14(19-16)18(23)17-13-9-8-12(25-4)10-15(13)22(20-17)11-24-3/h5-10H,11H2,1-4H3. The van der Waals surface area contributed by atoms with Crippen LogP contribution in [-0.2, 0) is 11.5 Å². The average molecular weight is 340 g/mol. The van der Waals surface area contributed by atoms with E-state index in [-0.39, 0.29) is 12.5 Å². The molecule has 3 aromatic rings. The summed E-state index contributed by atoms with van der Waals surface area (Å²) in [5.74, 6) is 1.18. The van der Waals surface area contributed by atoms with Crippen LogP contribution in [0.25, 0.3) is 10.9 Å². The number of anilines is 1. The smallest absolute Gasteiger partial charge is 0.232 e. The Labute approximate surface area is 145 Å². The van der Waals surface area contributed by atoms with Crippen molar-refractivity contribution in [3.8, 4) is 5.75 Å². The predicted molar refractivity (Wildman–Crippen MR) is 95.3 cm³/mol. The van der Waals surface area contributed by atoms with E-state index >= 15 is 0 Å². The third-order valence-corrected chi connectivity index (χ3v) is 3.85. The van der Waals surface area contributed by atoms with Gasteiger partial charge in [-0.1, -0.05) is 6.07 Å². The van der Waals surface area contributed by atoms with E-state index < -0.39 is 0 Å². The minimum absolute atomic E-state index is 0.228. The number of nitrogens with zero attached hydrogens (tertiary/aromatic N) is 4. The van der Waals surface area contributed by atoms with Gasteiger partial charge in [0, 0.05) is 32.7 Å². The van der Waals surface area contributed by atoms with E-state index in [1.54, 1.807) is 25.0 Å². The van der Waals surface area contributed by atoms with Gasteiger partial charge in [-0.15, -0.1) is 0 Å². The van der Waals surface area contributed by atoms with Crippen LogP contribution in [0.3, 0.4) is 0 Å². The van der Waals surface area contributed by atoms with Crippen LogP contribution in [0.2, 0.25) is 0 Å². The molecule has 7 nitrogen and oxygen atoms in total. The molecule has 25 heavy (non-hydrogen) atoms. The van der Waals surface area contributed by atoms with Gasteiger partial charge in [0.05, 0.1) is 12.6 Å². The number of ketones is 1. The molecule has 1 aromatic carbocycles. The van der Waals surface area contributed by atoms with Crippen molar-refractivity contribution in [2.75, 3.05) is 33.2 Å². The Balaban J connectivity index is 2.11. The molecule has 0 saturated heterocycles. The van der Waals surface area contributed by atoms with Crippen LogP contribution < -0.4 is 9.64 Å². The number of benzene rings is 1. The maximum Gasteiger partial charge on any atom is 0.232 e. The van der Waals surface area contributed by atoms with E-state index in [1.807, 2.05) is 49.3 Å². The van der Waals surface area contributed by atoms with Crippen molar-refractivity contribution in [2.45, 2.75) is 6.73 Å². The van der Waals surface area contributed by atoms with Crippen molar-refractivity contribution in [1.29, 1.82) is 0 Å². The number of pyridine rings is 1. The summed E-state index contributed by atoms with van der Waals surface area (Å²) in [5, 5.41) is 5.17. The first-order chi connectivity index (χ1) is 12.0. The van der Waals surface area contributed by atoms with Gasteiger partial charge in [0.2, 0.25) is 5.78 Å². The van der Waals surface area contributed by atoms with Crippen LogP contribution in [-0.4, -0.2) is 48.9 Å². The molecule has 0 atom stereocenters. The number of carbonyl (C=O) groups excluding carboxylic acids is 1. The van der Waals surface area contributed by atoms with Crippen molar-refractivity contribution in [2.24, 2.45) is 0 Å². The largest absolute Gasteiger partial charge is 0.497 e. The van der Waals surface area contributed by atoms with Crippen LogP contribution in [0.5, 0.6) is 5.75 Å². The molecule has 0 aliphatic heterocycles. The first kappa shape index (κ1) is 16.9. The van der Waals surface area contributed by atoms with Gasteiger partial charge in [0.1, 0.15) is 29.7 Å². The third-order valence-electron chi connectivity index (χ3n) is 3.85. The molecule has 7 heteroatoms. The Bertz CT molecular complexity index is 918. The normalized spacial score (nSPS) is 10.9. The second-order valence-corrected chi connectivity index (χ2v) is 5.75. The van der Waals surface area contributed by atoms with E-state index in [0.717, 1.165) is 10.9 Å². The lowest BCUT2D eigenvalue weighted by atomic mass is 10.1. The van der Waals surface area contributed by atoms with Gasteiger partial charge in [0.25, 0.3) is 0 Å². The maximum atomic E-state index is 13.0. The quantitative estimate of drug-likeness (QED) is 0.642. The number of methoxy groups -OCH3 is 2. The Morgan fingerprint density at radius 2 is 2.00 bits per heavy atom. The topological polar surface area (TPSA) is 69.5 Å². The highest BCUT2D eigenvalue weighted by Crippen LogP contribution is 2.25. The molecule has 0 fully saturated rings. The number of carbonyl (C=O) groups is 1. The zero-order valence-electron chi connectivity index (χ0n) is 14.7. The average Bonchev–Trinajstić information content (AvgIpc) is 2.99. The molecule has 0 spiro atoms. The maximum absolute atomic E-state index is 13.0. The van der Waals surface area contributed by atoms with Crippen molar-refractivity contribution in [1.82, 2.24) is 14.8 Å². The molecule has 0 aliphatic rings. The zero-order chi connectivity index (χ0) is 18.0. The summed E-state index contributed by atoms with van der Waals surface area (Å²) in [4.78, 5) is 19.2. The summed E-state index contributed by atoms with van der Waals surface area (Å²) in [5.41, 5.74) is 1.47. The Hall–Kier alpha value is -2.93. The molecule has 0 saturated carbocycles. The van der Waals surface area contributed by atoms with Gasteiger partial charge in [-0.25, -0.2) is 9.67 Å². The molecule has 0 radical (unpaired) electrons. The fraction of sp³-hybridized carbons (Fsp3) is 0.278. The number of hydrogen-bond acceptors (Lipinski definition) is 6. The number of aromatic nitrogens is 3. The van der Waals surface area contributed by atoms with Crippen molar-refractivity contribution in [3.63, 3.8) is 0 Å². The van der Waals surface area contributed by atoms with Crippen molar-refractivity contribution in [3.05, 3.63) is 47.8 Å². The lowest BCUT2D eigenvalue weighted by Crippen LogP contribution is -2.13. The van der Waals surface area contributed by atoms with E-state index in [1.165, 1.54) is 0 Å². The van der Waals surface area contributed by atoms with Crippen LogP contribution >= 0.6 is 0 Å². The summed E-state index contributed by atoms with van der Waals surface area (Å²) < 4.78 is 12.1. The first-order valence-corrected chi connectivity index (χ1v) is 7.77. The highest BCUT2D eigenvalue weighted by molar-refractivity contribution is 6.14. The predicted octanol–water partition coefficient (Wildman–Crippen LogP) is 2.34. The molecule has 130 valence electrons. The number of hydrogen-bond donors (Lipinski definition) is 0. The van der Waals surface area contributed by atoms with Gasteiger partial charge in [-0.3, -0.25) is 4.79 Å². The van der Waals surface area contributed by atoms with Gasteiger partial charge in [-0.05, 0) is 24.3 Å². The highest BCUT2D eigenvalue weighted by atomic mass is 16.5. The summed E-state index contributed by atoms with van der Waals surface area (Å²) in [7, 11) is 6.94. The second kappa shape index (κ2) is 6.90. The highest BCUT2D eigenvalue weighted by Gasteiger charge is 2.20. The minimum Gasteiger partial charge on any atom is -0.497 e. The van der Waals surface area contributed by atoms with Gasteiger partial charge >= 0.3 is 0 Å². The van der Waals surface area contributed by atoms with Crippen LogP contribution in [0.15, 0.2) is 36.4 Å². The zero-order valence-corrected chi connectivity index (χ0v) is 14.7. The Morgan fingerprint density at radius 1 is 1.20 bits per heavy atom. The fourth-order valence-electron chi connectivity index (χ4n) is 2.59. The first-order valence-electron chi connectivity index (χ1n) is 7.77. The molecule has 0 aliphatic carbocycles. The monoisotopic (exact) mass is 340 g/mol. The number of fused-ring (bicyclic) bond motifs is 1. The van der Waals surface area contributed by atoms with E-state index in [4.69, 9.17) is 9.47 Å². The lowest BCUT2D eigenvalue weighted by molar-refractivity contribution is 0.102. The van der Waals surface area contributed by atoms with E-state index in [9.17, 15) is 4.79 Å². The molecule has 0 N–H and O–H groups in total. The second-order valence-electron chi connectivity index (χ2n) is 5.75. The SMILES string of the molecule is COCn1nc(C(=O)c2cccc(N(C)C)n2)c2ccc(OC)cc21. The minimum atomic E-state index is -0.228. The van der Waals surface area contributed by atoms with E-state index in [2.05, 4.69) is 10.1 Å². The van der Waals surface area contributed by atoms with Crippen LogP contribution in [0.4, 0.5) is 5.82 Å². The molecule has 0 bridgehead atoms. The van der Waals surface area contributed by atoms with Crippen molar-refractivity contribution >= 4 is 22.5 Å². The molecular weight excluding hydrogens is 320 g/mol. The lowest BCUT2D eigenvalue weighted by Gasteiger charge is -2.11. The van der Waals surface area contributed by atoms with Crippen molar-refractivity contribution < 1.29 is 14.3 Å². The molecule has 0 amide bonds. The molecule has 2 heterocycles. The number of ether oxygens (including phenoxy) is 2. The van der Waals surface area contributed by atoms with Gasteiger partial charge in [-0.2, -0.15) is 5.10 Å². The van der Waals surface area contributed by atoms with Gasteiger partial charge in [0.15, 0.2) is 0 Å². The summed E-state index contributed by atoms with van der Waals surface area (Å²) in [6, 6.07) is 10.8. The Kier molecular flexibility index (Phi) is 4.67. The molecular formula is C18H20N4O3. The molecule has 2 aromatic heterocycles.